The van der Waals surface area contributed by atoms with E-state index < -0.39 is 0 Å². The highest BCUT2D eigenvalue weighted by Gasteiger charge is 2.07. The second-order valence-corrected chi connectivity index (χ2v) is 6.47. The molecule has 0 bridgehead atoms. The highest BCUT2D eigenvalue weighted by molar-refractivity contribution is 7.80. The highest BCUT2D eigenvalue weighted by atomic mass is 35.5. The van der Waals surface area contributed by atoms with Crippen LogP contribution in [0.4, 0.5) is 5.69 Å². The molecule has 0 atom stereocenters. The van der Waals surface area contributed by atoms with E-state index in [4.69, 9.17) is 23.8 Å². The summed E-state index contributed by atoms with van der Waals surface area (Å²) in [6, 6.07) is 21.5. The molecule has 1 amide bonds. The number of halogens is 1. The van der Waals surface area contributed by atoms with Crippen LogP contribution in [0.2, 0.25) is 5.02 Å². The molecule has 0 unspecified atom stereocenters. The molecular weight excluding hydrogens is 352 g/mol. The number of rotatable bonds is 4. The maximum absolute atomic E-state index is 12.1. The van der Waals surface area contributed by atoms with Crippen molar-refractivity contribution >= 4 is 51.3 Å². The van der Waals surface area contributed by atoms with Crippen molar-refractivity contribution in [2.75, 3.05) is 5.32 Å². The third-order valence-electron chi connectivity index (χ3n) is 3.84. The van der Waals surface area contributed by atoms with E-state index in [1.807, 2.05) is 66.7 Å². The van der Waals surface area contributed by atoms with Crippen molar-refractivity contribution in [3.8, 4) is 0 Å². The Hall–Kier alpha value is -2.43. The fourth-order valence-corrected chi connectivity index (χ4v) is 3.03. The lowest BCUT2D eigenvalue weighted by molar-refractivity contribution is -0.119. The van der Waals surface area contributed by atoms with Crippen LogP contribution in [0, 0.1) is 0 Å². The fraction of sp³-hybridized carbons (Fsp3) is 0.100. The number of amides is 1. The molecule has 3 nitrogen and oxygen atoms in total. The van der Waals surface area contributed by atoms with Crippen LogP contribution in [0.3, 0.4) is 0 Å². The van der Waals surface area contributed by atoms with Crippen molar-refractivity contribution < 1.29 is 4.79 Å². The molecule has 0 spiro atoms. The third kappa shape index (κ3) is 4.78. The van der Waals surface area contributed by atoms with Gasteiger partial charge >= 0.3 is 0 Å². The van der Waals surface area contributed by atoms with Crippen LogP contribution in [0.15, 0.2) is 66.7 Å². The maximum Gasteiger partial charge on any atom is 0.226 e. The number of fused-ring (bicyclic) bond motifs is 1. The number of thiocarbonyl (C=S) groups is 1. The Labute approximate surface area is 157 Å². The quantitative estimate of drug-likeness (QED) is 0.641. The molecule has 0 saturated heterocycles. The van der Waals surface area contributed by atoms with Gasteiger partial charge in [-0.15, -0.1) is 0 Å². The smallest absolute Gasteiger partial charge is 0.226 e. The molecule has 3 aromatic carbocycles. The molecule has 0 aliphatic rings. The summed E-state index contributed by atoms with van der Waals surface area (Å²) in [6.07, 6.45) is 0.896. The molecule has 0 aliphatic heterocycles. The first-order valence-electron chi connectivity index (χ1n) is 7.95. The molecule has 3 aromatic rings. The summed E-state index contributed by atoms with van der Waals surface area (Å²) in [5.41, 5.74) is 1.79. The summed E-state index contributed by atoms with van der Waals surface area (Å²) in [4.78, 5) is 12.1. The summed E-state index contributed by atoms with van der Waals surface area (Å²) < 4.78 is 0. The number of aryl methyl sites for hydroxylation is 1. The number of benzene rings is 3. The van der Waals surface area contributed by atoms with E-state index in [-0.39, 0.29) is 5.91 Å². The van der Waals surface area contributed by atoms with Crippen molar-refractivity contribution in [3.05, 3.63) is 77.3 Å². The molecule has 0 saturated carbocycles. The number of hydrogen-bond donors (Lipinski definition) is 2. The Morgan fingerprint density at radius 3 is 2.48 bits per heavy atom. The van der Waals surface area contributed by atoms with Crippen molar-refractivity contribution in [1.82, 2.24) is 5.32 Å². The minimum atomic E-state index is -0.141. The van der Waals surface area contributed by atoms with E-state index in [1.165, 1.54) is 0 Å². The topological polar surface area (TPSA) is 41.1 Å². The largest absolute Gasteiger partial charge is 0.332 e. The van der Waals surface area contributed by atoms with Gasteiger partial charge in [-0.25, -0.2) is 0 Å². The fourth-order valence-electron chi connectivity index (χ4n) is 2.57. The second-order valence-electron chi connectivity index (χ2n) is 5.66. The Kier molecular flexibility index (Phi) is 5.64. The van der Waals surface area contributed by atoms with E-state index in [1.54, 1.807) is 0 Å². The van der Waals surface area contributed by atoms with Gasteiger partial charge in [0.25, 0.3) is 0 Å². The van der Waals surface area contributed by atoms with Gasteiger partial charge in [0.2, 0.25) is 5.91 Å². The van der Waals surface area contributed by atoms with Crippen LogP contribution in [-0.4, -0.2) is 11.0 Å². The summed E-state index contributed by atoms with van der Waals surface area (Å²) in [5.74, 6) is -0.141. The molecule has 126 valence electrons. The minimum Gasteiger partial charge on any atom is -0.332 e. The molecule has 25 heavy (non-hydrogen) atoms. The monoisotopic (exact) mass is 368 g/mol. The van der Waals surface area contributed by atoms with Gasteiger partial charge in [0, 0.05) is 17.1 Å². The van der Waals surface area contributed by atoms with Crippen LogP contribution in [0.1, 0.15) is 12.0 Å². The molecule has 0 aromatic heterocycles. The third-order valence-corrected chi connectivity index (χ3v) is 4.41. The van der Waals surface area contributed by atoms with Crippen molar-refractivity contribution in [3.63, 3.8) is 0 Å². The van der Waals surface area contributed by atoms with E-state index in [2.05, 4.69) is 10.6 Å². The molecule has 3 rings (SSSR count). The standard InChI is InChI=1S/C20H17ClN2OS/c21-18-8-4-3-6-15(18)10-12-19(24)23-20(25)22-17-11-9-14-5-1-2-7-16(14)13-17/h1-9,11,13H,10,12H2,(H2,22,23,24,25). The Morgan fingerprint density at radius 1 is 0.960 bits per heavy atom. The van der Waals surface area contributed by atoms with Crippen molar-refractivity contribution in [1.29, 1.82) is 0 Å². The molecule has 2 N–H and O–H groups in total. The SMILES string of the molecule is O=C(CCc1ccccc1Cl)NC(=S)Nc1ccc2ccccc2c1. The zero-order valence-electron chi connectivity index (χ0n) is 13.5. The summed E-state index contributed by atoms with van der Waals surface area (Å²) in [5, 5.41) is 8.98. The van der Waals surface area contributed by atoms with Gasteiger partial charge in [-0.3, -0.25) is 4.79 Å². The van der Waals surface area contributed by atoms with E-state index >= 15 is 0 Å². The Morgan fingerprint density at radius 2 is 1.68 bits per heavy atom. The van der Waals surface area contributed by atoms with E-state index in [0.29, 0.717) is 23.0 Å². The highest BCUT2D eigenvalue weighted by Crippen LogP contribution is 2.19. The van der Waals surface area contributed by atoms with Crippen LogP contribution < -0.4 is 10.6 Å². The van der Waals surface area contributed by atoms with Gasteiger partial charge in [0.1, 0.15) is 0 Å². The zero-order chi connectivity index (χ0) is 17.6. The van der Waals surface area contributed by atoms with Gasteiger partial charge < -0.3 is 10.6 Å². The first-order valence-corrected chi connectivity index (χ1v) is 8.73. The average molecular weight is 369 g/mol. The zero-order valence-corrected chi connectivity index (χ0v) is 15.0. The number of hydrogen-bond acceptors (Lipinski definition) is 2. The maximum atomic E-state index is 12.1. The van der Waals surface area contributed by atoms with E-state index in [9.17, 15) is 4.79 Å². The molecule has 0 heterocycles. The second kappa shape index (κ2) is 8.10. The summed E-state index contributed by atoms with van der Waals surface area (Å²) in [7, 11) is 0. The lowest BCUT2D eigenvalue weighted by Gasteiger charge is -2.10. The number of anilines is 1. The van der Waals surface area contributed by atoms with Crippen LogP contribution in [0.25, 0.3) is 10.8 Å². The average Bonchev–Trinajstić information content (AvgIpc) is 2.61. The predicted molar refractivity (Wildman–Crippen MR) is 108 cm³/mol. The van der Waals surface area contributed by atoms with Crippen LogP contribution >= 0.6 is 23.8 Å². The number of carbonyl (C=O) groups excluding carboxylic acids is 1. The molecule has 0 radical (unpaired) electrons. The predicted octanol–water partition coefficient (Wildman–Crippen LogP) is 4.94. The number of nitrogens with one attached hydrogen (secondary N) is 2. The van der Waals surface area contributed by atoms with Gasteiger partial charge in [-0.2, -0.15) is 0 Å². The Bertz CT molecular complexity index is 926. The summed E-state index contributed by atoms with van der Waals surface area (Å²) in [6.45, 7) is 0. The van der Waals surface area contributed by atoms with Gasteiger partial charge in [0.05, 0.1) is 0 Å². The van der Waals surface area contributed by atoms with Gasteiger partial charge in [-0.1, -0.05) is 60.1 Å². The lowest BCUT2D eigenvalue weighted by atomic mass is 10.1. The first-order chi connectivity index (χ1) is 12.1. The molecular formula is C20H17ClN2OS. The first kappa shape index (κ1) is 17.4. The minimum absolute atomic E-state index is 0.141. The number of carbonyl (C=O) groups is 1. The molecule has 5 heteroatoms. The molecule has 0 aliphatic carbocycles. The van der Waals surface area contributed by atoms with Crippen LogP contribution in [-0.2, 0) is 11.2 Å². The summed E-state index contributed by atoms with van der Waals surface area (Å²) >= 11 is 11.3. The van der Waals surface area contributed by atoms with Crippen molar-refractivity contribution in [2.45, 2.75) is 12.8 Å². The van der Waals surface area contributed by atoms with Gasteiger partial charge in [-0.05, 0) is 53.2 Å². The van der Waals surface area contributed by atoms with Gasteiger partial charge in [0.15, 0.2) is 5.11 Å². The van der Waals surface area contributed by atoms with Crippen LogP contribution in [0.5, 0.6) is 0 Å². The van der Waals surface area contributed by atoms with E-state index in [0.717, 1.165) is 22.0 Å². The lowest BCUT2D eigenvalue weighted by Crippen LogP contribution is -2.34. The molecule has 0 fully saturated rings. The Balaban J connectivity index is 1.54. The van der Waals surface area contributed by atoms with Crippen molar-refractivity contribution in [2.24, 2.45) is 0 Å². The normalized spacial score (nSPS) is 10.4.